The fourth-order valence-electron chi connectivity index (χ4n) is 12.4. The van der Waals surface area contributed by atoms with Gasteiger partial charge < -0.3 is 87.3 Å². The Morgan fingerprint density at radius 1 is 0.381 bits per heavy atom. The van der Waals surface area contributed by atoms with E-state index in [1.54, 1.807) is 180 Å². The molecule has 0 radical (unpaired) electrons. The predicted octanol–water partition coefficient (Wildman–Crippen LogP) is 27.2. The van der Waals surface area contributed by atoms with E-state index in [-0.39, 0.29) is 83.7 Å². The summed E-state index contributed by atoms with van der Waals surface area (Å²) in [6, 6.07) is 56.0. The Bertz CT molecular complexity index is 6920. The zero-order chi connectivity index (χ0) is 105. The number of nitrogens with zero attached hydrogens (tertiary/aromatic N) is 13. The highest BCUT2D eigenvalue weighted by molar-refractivity contribution is 6.66. The number of nitrogens with one attached hydrogen (secondary N) is 8. The lowest BCUT2D eigenvalue weighted by Crippen LogP contribution is -2.41. The molecule has 0 spiro atoms. The number of fused-ring (bicyclic) bond motifs is 4. The molecule has 18 rings (SSSR count). The Kier molecular flexibility index (Phi) is 43.5. The highest BCUT2D eigenvalue weighted by Gasteiger charge is 2.32. The molecule has 0 bridgehead atoms. The zero-order valence-corrected chi connectivity index (χ0v) is 84.2. The van der Waals surface area contributed by atoms with Crippen molar-refractivity contribution in [2.24, 2.45) is 0 Å². The molecule has 0 unspecified atom stereocenters. The molecule has 0 atom stereocenters. The van der Waals surface area contributed by atoms with Gasteiger partial charge in [-0.1, -0.05) is 128 Å². The molecule has 47 heteroatoms. The number of ether oxygens (including phenoxy) is 6. The first-order chi connectivity index (χ1) is 69.1. The summed E-state index contributed by atoms with van der Waals surface area (Å²) in [6.07, 6.45) is 6.62. The van der Waals surface area contributed by atoms with Crippen molar-refractivity contribution < 1.29 is 69.6 Å². The number of amides is 3. The number of allylic oxidation sites excluding steroid dienone is 1. The fourth-order valence-corrected chi connectivity index (χ4v) is 13.8. The van der Waals surface area contributed by atoms with E-state index in [2.05, 4.69) is 106 Å². The Balaban J connectivity index is 0.000000196. The molecule has 3 amide bonds. The minimum atomic E-state index is -0.666. The number of hydrogen-bond acceptors (Lipinski definition) is 30. The van der Waals surface area contributed by atoms with E-state index in [1.165, 1.54) is 11.0 Å². The SMILES string of the molecule is C.C.C=CC(=O)Cl.C=CC(=O)N1CCOc2ccc(Nc3ncc(F)c(Nc4cccc(Cl)c4)n3)cc21.CC(C)(C)OC(=O)N1CCOc2ccc(N)cc21.CC(C)(C)OC(=O)N1CCOc2ccc(Nc3ncc(F)c(Nc4cccc(Cl)c4)n3)cc21.Fc1cnc(Cl)nc1Cl.Fc1cnc(Cl)nc1Nc1cccc(Cl)c1.Fc1cnc(Nc2ccc3c(c2)NCCO3)nc1Nc1cccc(Cl)c1.Nc1cccc(Cl)c1. The number of carbonyl (C=O) groups excluding carboxylic acids is 4. The molecule has 4 aliphatic heterocycles. The lowest BCUT2D eigenvalue weighted by molar-refractivity contribution is -0.114. The molecule has 0 fully saturated rings. The molecule has 33 nitrogen and oxygen atoms in total. The zero-order valence-electron chi connectivity index (χ0n) is 77.4. The van der Waals surface area contributed by atoms with Gasteiger partial charge in [-0.25, -0.2) is 61.4 Å². The van der Waals surface area contributed by atoms with Crippen LogP contribution in [-0.4, -0.2) is 137 Å². The van der Waals surface area contributed by atoms with Crippen molar-refractivity contribution in [2.45, 2.75) is 67.6 Å². The maximum absolute atomic E-state index is 14.3. The van der Waals surface area contributed by atoms with Crippen LogP contribution in [0.3, 0.4) is 0 Å². The summed E-state index contributed by atoms with van der Waals surface area (Å²) in [6.45, 7) is 21.4. The third-order valence-electron chi connectivity index (χ3n) is 18.6. The van der Waals surface area contributed by atoms with Crippen molar-refractivity contribution in [3.8, 4) is 23.0 Å². The number of rotatable bonds is 16. The summed E-state index contributed by atoms with van der Waals surface area (Å²) in [7, 11) is 0. The second kappa shape index (κ2) is 55.3. The van der Waals surface area contributed by atoms with Gasteiger partial charge in [-0.2, -0.15) is 19.9 Å². The first-order valence-corrected chi connectivity index (χ1v) is 46.4. The van der Waals surface area contributed by atoms with E-state index in [1.807, 2.05) is 65.8 Å². The number of nitrogen functional groups attached to an aromatic ring is 2. The molecule has 14 aromatic rings. The number of nitrogens with two attached hydrogens (primary N) is 2. The van der Waals surface area contributed by atoms with Crippen molar-refractivity contribution in [2.75, 3.05) is 121 Å². The van der Waals surface area contributed by atoms with Crippen LogP contribution in [-0.2, 0) is 19.1 Å². The number of carbonyl (C=O) groups is 4. The van der Waals surface area contributed by atoms with Crippen molar-refractivity contribution >= 4 is 243 Å². The van der Waals surface area contributed by atoms with E-state index in [4.69, 9.17) is 144 Å². The summed E-state index contributed by atoms with van der Waals surface area (Å²) in [5, 5.41) is 25.8. The maximum Gasteiger partial charge on any atom is 0.415 e. The number of hydrogen-bond donors (Lipinski definition) is 10. The van der Waals surface area contributed by atoms with Crippen LogP contribution in [0.5, 0.6) is 23.0 Å². The van der Waals surface area contributed by atoms with Crippen LogP contribution in [0.25, 0.3) is 0 Å². The molecule has 147 heavy (non-hydrogen) atoms. The molecule has 0 saturated carbocycles. The molecule has 0 aliphatic carbocycles. The van der Waals surface area contributed by atoms with E-state index in [9.17, 15) is 41.1 Å². The summed E-state index contributed by atoms with van der Waals surface area (Å²) in [5.74, 6) is 0.0326. The smallest absolute Gasteiger partial charge is 0.415 e. The van der Waals surface area contributed by atoms with Crippen LogP contribution in [0, 0.1) is 29.1 Å². The van der Waals surface area contributed by atoms with E-state index >= 15 is 0 Å². The first kappa shape index (κ1) is 116. The quantitative estimate of drug-likeness (QED) is 0.0107. The lowest BCUT2D eigenvalue weighted by Gasteiger charge is -2.31. The van der Waals surface area contributed by atoms with Gasteiger partial charge in [-0.3, -0.25) is 19.4 Å². The van der Waals surface area contributed by atoms with Gasteiger partial charge >= 0.3 is 12.2 Å². The van der Waals surface area contributed by atoms with Crippen LogP contribution in [0.2, 0.25) is 40.8 Å². The van der Waals surface area contributed by atoms with Crippen molar-refractivity contribution in [3.05, 3.63) is 320 Å². The molecule has 12 N–H and O–H groups in total. The summed E-state index contributed by atoms with van der Waals surface area (Å²) < 4.78 is 101. The van der Waals surface area contributed by atoms with Gasteiger partial charge in [0, 0.05) is 82.8 Å². The van der Waals surface area contributed by atoms with Crippen molar-refractivity contribution in [3.63, 3.8) is 0 Å². The molecule has 770 valence electrons. The minimum absolute atomic E-state index is 0. The maximum atomic E-state index is 14.3. The third kappa shape index (κ3) is 36.9. The van der Waals surface area contributed by atoms with Crippen LogP contribution in [0.1, 0.15) is 56.4 Å². The molecule has 4 aliphatic rings. The van der Waals surface area contributed by atoms with Crippen LogP contribution in [0.15, 0.2) is 250 Å². The largest absolute Gasteiger partial charge is 0.490 e. The van der Waals surface area contributed by atoms with Gasteiger partial charge in [0.25, 0.3) is 5.91 Å². The summed E-state index contributed by atoms with van der Waals surface area (Å²) >= 11 is 50.0. The van der Waals surface area contributed by atoms with Crippen LogP contribution >= 0.6 is 104 Å². The lowest BCUT2D eigenvalue weighted by atomic mass is 10.2. The molecule has 9 aromatic carbocycles. The van der Waals surface area contributed by atoms with Gasteiger partial charge in [-0.15, -0.1) is 0 Å². The van der Waals surface area contributed by atoms with E-state index < -0.39 is 51.6 Å². The second-order valence-corrected chi connectivity index (χ2v) is 35.4. The fraction of sp³-hybridized carbons (Fsp3) is 0.180. The molecular formula is C100H97Cl9F5N23O10. The number of anilines is 20. The summed E-state index contributed by atoms with van der Waals surface area (Å²) in [5.41, 5.74) is 18.4. The van der Waals surface area contributed by atoms with Gasteiger partial charge in [0.05, 0.1) is 73.4 Å². The highest BCUT2D eigenvalue weighted by atomic mass is 35.5. The van der Waals surface area contributed by atoms with Crippen LogP contribution in [0.4, 0.5) is 147 Å². The standard InChI is InChI=1S/C23H23ClFN5O3.C21H17ClFN5O2.C18H15ClFN5O.C13H18N2O3.C10H6Cl2FN3.C6H6ClN.C4HCl2FN2.C3H3ClO.2CH4/c1-23(2,3)33-22(31)30-9-10-32-19-8-7-16(12-18(19)30)28-21-26-13-17(25)20(29-21)27-15-6-4-5-14(24)11-15;1-2-19(29)28-8-9-30-18-7-6-15(11-17(18)28)26-21-24-12-16(23)20(27-21)25-14-5-3-4-13(22)10-14;19-11-2-1-3-12(8-11)23-17-14(20)10-22-18(25-17)24-13-4-5-16-15(9-13)21-6-7-26-16;1-13(2,3)18-12(16)15-6-7-17-11-5-4-9(14)8-10(11)15;11-6-2-1-3-7(4-6)15-9-8(13)5-14-10(12)16-9;7-5-2-1-3-6(8)4-5;5-3-2(7)1-8-4(6)9-3;1-2-3(4)5;;/h4-8,11-13H,9-10H2,1-3H3,(H2,26,27,28,29);2-7,10-12H,1,8-9H2,(H2,24,25,26,27);1-5,8-10,21H,6-7H2,(H2,22,23,24,25);4-5,8H,6-7,14H2,1-3H3;1-5H,(H,14,15,16);1-4H,8H2;1H;2H,1H2;2*1H4. The monoisotopic (exact) mass is 2190 g/mol. The molecule has 5 aromatic heterocycles. The highest BCUT2D eigenvalue weighted by Crippen LogP contribution is 2.41. The Morgan fingerprint density at radius 2 is 0.701 bits per heavy atom. The van der Waals surface area contributed by atoms with E-state index in [0.29, 0.717) is 151 Å². The Hall–Kier alpha value is -15.0. The molecule has 0 saturated heterocycles. The number of benzene rings is 9. The first-order valence-electron chi connectivity index (χ1n) is 43.0. The van der Waals surface area contributed by atoms with Gasteiger partial charge in [0.2, 0.25) is 33.7 Å². The average Bonchev–Trinajstić information content (AvgIpc) is 0.793. The molecular weight excluding hydrogens is 2100 g/mol. The molecule has 9 heterocycles. The van der Waals surface area contributed by atoms with Crippen molar-refractivity contribution in [1.29, 1.82) is 0 Å². The topological polar surface area (TPSA) is 411 Å². The number of aromatic nitrogens is 10. The second-order valence-electron chi connectivity index (χ2n) is 31.8. The van der Waals surface area contributed by atoms with Gasteiger partial charge in [0.15, 0.2) is 57.5 Å². The normalized spacial score (nSPS) is 11.9. The van der Waals surface area contributed by atoms with E-state index in [0.717, 1.165) is 60.7 Å². The van der Waals surface area contributed by atoms with Gasteiger partial charge in [0.1, 0.15) is 60.6 Å². The number of halogens is 14. The average molecular weight is 2200 g/mol. The van der Waals surface area contributed by atoms with Crippen LogP contribution < -0.4 is 87.6 Å². The predicted molar refractivity (Wildman–Crippen MR) is 575 cm³/mol. The minimum Gasteiger partial charge on any atom is -0.490 e. The Labute approximate surface area is 888 Å². The third-order valence-corrected chi connectivity index (χ3v) is 20.5. The van der Waals surface area contributed by atoms with Crippen molar-refractivity contribution in [1.82, 2.24) is 49.8 Å². The van der Waals surface area contributed by atoms with Gasteiger partial charge in [-0.05, 0) is 252 Å². The Morgan fingerprint density at radius 3 is 1.06 bits per heavy atom. The summed E-state index contributed by atoms with van der Waals surface area (Å²) in [4.78, 5) is 89.5.